The fourth-order valence-corrected chi connectivity index (χ4v) is 8.88. The number of hydrogen-bond acceptors (Lipinski definition) is 5. The first kappa shape index (κ1) is 26.0. The normalized spacial score (nSPS) is 37.6. The van der Waals surface area contributed by atoms with Crippen LogP contribution >= 0.6 is 0 Å². The van der Waals surface area contributed by atoms with Gasteiger partial charge in [-0.1, -0.05) is 52.0 Å². The Morgan fingerprint density at radius 3 is 2.55 bits per heavy atom. The van der Waals surface area contributed by atoms with E-state index in [2.05, 4.69) is 52.9 Å². The highest BCUT2D eigenvalue weighted by Gasteiger charge is 2.67. The summed E-state index contributed by atoms with van der Waals surface area (Å²) in [5.41, 5.74) is 1.27. The molecule has 6 rings (SSSR count). The summed E-state index contributed by atoms with van der Waals surface area (Å²) in [6.07, 6.45) is 11.9. The van der Waals surface area contributed by atoms with Crippen LogP contribution in [-0.2, 0) is 18.7 Å². The van der Waals surface area contributed by atoms with E-state index in [1.807, 2.05) is 12.1 Å². The van der Waals surface area contributed by atoms with Crippen molar-refractivity contribution in [1.29, 1.82) is 0 Å². The van der Waals surface area contributed by atoms with E-state index in [4.69, 9.17) is 13.9 Å². The summed E-state index contributed by atoms with van der Waals surface area (Å²) in [5, 5.41) is 0.164. The molecule has 2 bridgehead atoms. The van der Waals surface area contributed by atoms with Crippen LogP contribution in [0.5, 0.6) is 0 Å². The lowest BCUT2D eigenvalue weighted by Crippen LogP contribution is -2.57. The fourth-order valence-electron chi connectivity index (χ4n) is 7.43. The lowest BCUT2D eigenvalue weighted by Gasteiger charge is -2.54. The van der Waals surface area contributed by atoms with Crippen LogP contribution in [-0.4, -0.2) is 43.5 Å². The maximum atomic E-state index is 13.0. The van der Waals surface area contributed by atoms with Crippen LogP contribution in [0.2, 0.25) is 18.1 Å². The molecule has 1 saturated carbocycles. The van der Waals surface area contributed by atoms with Gasteiger partial charge in [0.25, 0.3) is 0 Å². The molecule has 6 heteroatoms. The van der Waals surface area contributed by atoms with E-state index in [9.17, 15) is 9.59 Å². The van der Waals surface area contributed by atoms with Crippen molar-refractivity contribution in [2.75, 3.05) is 0 Å². The van der Waals surface area contributed by atoms with Gasteiger partial charge in [0.2, 0.25) is 5.78 Å². The molecule has 5 aliphatic rings. The monoisotopic (exact) mass is 532 g/mol. The highest BCUT2D eigenvalue weighted by Crippen LogP contribution is 2.66. The molecular formula is C32H40O5Si. The third kappa shape index (κ3) is 3.63. The Labute approximate surface area is 227 Å². The SMILES string of the molecule is CC(C)(C)[Si](C)(C)OC1CC[C@H]2[C@@]34CC[C@]5(C=CC(=O)[C@H](OC(=O)c6ccccc6)C5=CC3=CC[C@]12C)O4. The van der Waals surface area contributed by atoms with Crippen LogP contribution in [0.15, 0.2) is 65.8 Å². The van der Waals surface area contributed by atoms with Crippen LogP contribution in [0.25, 0.3) is 0 Å². The van der Waals surface area contributed by atoms with E-state index in [1.165, 1.54) is 0 Å². The number of ether oxygens (including phenoxy) is 2. The van der Waals surface area contributed by atoms with Gasteiger partial charge in [-0.05, 0) is 86.2 Å². The highest BCUT2D eigenvalue weighted by molar-refractivity contribution is 6.74. The van der Waals surface area contributed by atoms with Gasteiger partial charge in [0.15, 0.2) is 14.4 Å². The average Bonchev–Trinajstić information content (AvgIpc) is 3.36. The molecule has 0 amide bonds. The van der Waals surface area contributed by atoms with E-state index in [-0.39, 0.29) is 27.9 Å². The molecule has 1 aromatic rings. The molecule has 1 saturated heterocycles. The largest absolute Gasteiger partial charge is 0.446 e. The minimum Gasteiger partial charge on any atom is -0.446 e. The van der Waals surface area contributed by atoms with Crippen LogP contribution in [0.3, 0.4) is 0 Å². The molecule has 2 aliphatic heterocycles. The fraction of sp³-hybridized carbons (Fsp3) is 0.562. The predicted molar refractivity (Wildman–Crippen MR) is 149 cm³/mol. The Bertz CT molecular complexity index is 1270. The van der Waals surface area contributed by atoms with Gasteiger partial charge in [-0.15, -0.1) is 0 Å². The summed E-state index contributed by atoms with van der Waals surface area (Å²) in [6.45, 7) is 14.0. The molecule has 0 aromatic heterocycles. The molecule has 2 heterocycles. The zero-order valence-electron chi connectivity index (χ0n) is 23.5. The van der Waals surface area contributed by atoms with Crippen LogP contribution in [0.4, 0.5) is 0 Å². The van der Waals surface area contributed by atoms with Gasteiger partial charge in [-0.3, -0.25) is 4.79 Å². The molecule has 3 aliphatic carbocycles. The number of esters is 1. The van der Waals surface area contributed by atoms with Crippen molar-refractivity contribution in [3.8, 4) is 0 Å². The average molecular weight is 533 g/mol. The number of rotatable bonds is 4. The zero-order chi connectivity index (χ0) is 27.1. The molecule has 6 atom stereocenters. The van der Waals surface area contributed by atoms with Crippen LogP contribution in [0, 0.1) is 11.3 Å². The second-order valence-corrected chi connectivity index (χ2v) is 18.5. The first-order valence-electron chi connectivity index (χ1n) is 14.1. The van der Waals surface area contributed by atoms with Crippen molar-refractivity contribution in [3.05, 3.63) is 71.3 Å². The summed E-state index contributed by atoms with van der Waals surface area (Å²) in [6, 6.07) is 8.86. The van der Waals surface area contributed by atoms with Crippen molar-refractivity contribution in [2.24, 2.45) is 11.3 Å². The van der Waals surface area contributed by atoms with Crippen molar-refractivity contribution >= 4 is 20.1 Å². The van der Waals surface area contributed by atoms with E-state index in [0.29, 0.717) is 11.5 Å². The van der Waals surface area contributed by atoms with E-state index in [0.717, 1.165) is 43.3 Å². The van der Waals surface area contributed by atoms with Gasteiger partial charge >= 0.3 is 5.97 Å². The minimum absolute atomic E-state index is 0.00324. The van der Waals surface area contributed by atoms with Gasteiger partial charge in [0, 0.05) is 16.9 Å². The molecule has 0 N–H and O–H groups in total. The highest BCUT2D eigenvalue weighted by atomic mass is 28.4. The number of carbonyl (C=O) groups is 2. The topological polar surface area (TPSA) is 61.8 Å². The Morgan fingerprint density at radius 2 is 1.84 bits per heavy atom. The number of allylic oxidation sites excluding steroid dienone is 1. The summed E-state index contributed by atoms with van der Waals surface area (Å²) in [4.78, 5) is 26.0. The second-order valence-electron chi connectivity index (χ2n) is 13.7. The molecule has 2 spiro atoms. The molecule has 38 heavy (non-hydrogen) atoms. The molecule has 0 radical (unpaired) electrons. The Hall–Kier alpha value is -2.28. The van der Waals surface area contributed by atoms with Crippen molar-refractivity contribution in [2.45, 2.75) is 101 Å². The maximum absolute atomic E-state index is 13.0. The quantitative estimate of drug-likeness (QED) is 0.318. The zero-order valence-corrected chi connectivity index (χ0v) is 24.5. The molecule has 202 valence electrons. The van der Waals surface area contributed by atoms with Crippen molar-refractivity contribution in [3.63, 3.8) is 0 Å². The molecule has 1 aromatic carbocycles. The predicted octanol–water partition coefficient (Wildman–Crippen LogP) is 6.72. The lowest BCUT2D eigenvalue weighted by atomic mass is 9.60. The third-order valence-electron chi connectivity index (χ3n) is 10.6. The van der Waals surface area contributed by atoms with Crippen molar-refractivity contribution < 1.29 is 23.5 Å². The van der Waals surface area contributed by atoms with E-state index in [1.54, 1.807) is 30.3 Å². The summed E-state index contributed by atoms with van der Waals surface area (Å²) in [5.74, 6) is -0.353. The lowest BCUT2D eigenvalue weighted by molar-refractivity contribution is -0.135. The third-order valence-corrected chi connectivity index (χ3v) is 15.1. The Morgan fingerprint density at radius 1 is 1.11 bits per heavy atom. The molecule has 2 fully saturated rings. The van der Waals surface area contributed by atoms with Gasteiger partial charge in [-0.2, -0.15) is 0 Å². The first-order chi connectivity index (χ1) is 17.8. The number of fused-ring (bicyclic) bond motifs is 1. The van der Waals surface area contributed by atoms with Crippen LogP contribution in [0.1, 0.15) is 70.2 Å². The van der Waals surface area contributed by atoms with Crippen LogP contribution < -0.4 is 0 Å². The number of benzene rings is 1. The van der Waals surface area contributed by atoms with E-state index < -0.39 is 26.0 Å². The summed E-state index contributed by atoms with van der Waals surface area (Å²) in [7, 11) is -1.92. The van der Waals surface area contributed by atoms with E-state index >= 15 is 0 Å². The molecule has 1 unspecified atom stereocenters. The number of carbonyl (C=O) groups excluding carboxylic acids is 2. The minimum atomic E-state index is -1.92. The Balaban J connectivity index is 1.34. The van der Waals surface area contributed by atoms with Crippen molar-refractivity contribution in [1.82, 2.24) is 0 Å². The smallest absolute Gasteiger partial charge is 0.339 e. The summed E-state index contributed by atoms with van der Waals surface area (Å²) >= 11 is 0. The summed E-state index contributed by atoms with van der Waals surface area (Å²) < 4.78 is 20.1. The first-order valence-corrected chi connectivity index (χ1v) is 17.0. The molecule has 5 nitrogen and oxygen atoms in total. The number of ketones is 1. The van der Waals surface area contributed by atoms with Gasteiger partial charge in [0.1, 0.15) is 5.60 Å². The standard InChI is InChI=1S/C32H40O5Si/c1-29(2,3)38(5,6)36-26-13-12-25-30(26,4)16-14-22-20-23-27(35-28(34)21-10-8-7-9-11-21)24(33)15-17-31(23)18-19-32(22,25)37-31/h7-11,14-15,17,20,25-27H,12-13,16,18-19H2,1-6H3/t25-,26?,27-,30+,31+,32-/m1/s1. The molecular weight excluding hydrogens is 492 g/mol. The maximum Gasteiger partial charge on any atom is 0.339 e. The Kier molecular flexibility index (Phi) is 5.71. The van der Waals surface area contributed by atoms with Gasteiger partial charge in [-0.25, -0.2) is 4.79 Å². The van der Waals surface area contributed by atoms with Gasteiger partial charge < -0.3 is 13.9 Å². The number of hydrogen-bond donors (Lipinski definition) is 0. The van der Waals surface area contributed by atoms with Gasteiger partial charge in [0.05, 0.1) is 17.3 Å². The second kappa shape index (κ2) is 8.36.